The quantitative estimate of drug-likeness (QED) is 0.503. The van der Waals surface area contributed by atoms with Crippen LogP contribution >= 0.6 is 0 Å². The third-order valence-electron chi connectivity index (χ3n) is 5.01. The molecule has 0 amide bonds. The Balaban J connectivity index is 2.27. The molecule has 3 aromatic rings. The Morgan fingerprint density at radius 2 is 0.792 bits per heavy atom. The zero-order valence-electron chi connectivity index (χ0n) is 14.8. The lowest BCUT2D eigenvalue weighted by atomic mass is 10.2. The van der Waals surface area contributed by atoms with Gasteiger partial charge < -0.3 is 0 Å². The van der Waals surface area contributed by atoms with Gasteiger partial charge in [-0.05, 0) is 42.4 Å². The molecular weight excluding hydrogens is 304 g/mol. The van der Waals surface area contributed by atoms with Crippen LogP contribution in [0.5, 0.6) is 0 Å². The van der Waals surface area contributed by atoms with Crippen LogP contribution in [0.3, 0.4) is 0 Å². The topological polar surface area (TPSA) is 0 Å². The highest BCUT2D eigenvalue weighted by atomic mass is 28.3. The van der Waals surface area contributed by atoms with E-state index >= 15 is 0 Å². The molecule has 0 nitrogen and oxygen atoms in total. The first-order valence-electron chi connectivity index (χ1n) is 8.57. The summed E-state index contributed by atoms with van der Waals surface area (Å²) in [6.45, 7) is 10.9. The van der Waals surface area contributed by atoms with Gasteiger partial charge in [-0.15, -0.1) is 0 Å². The Hall–Kier alpha value is -2.12. The van der Waals surface area contributed by atoms with E-state index in [1.54, 1.807) is 0 Å². The van der Waals surface area contributed by atoms with E-state index in [-0.39, 0.29) is 0 Å². The maximum atomic E-state index is 4.42. The molecule has 0 aliphatic heterocycles. The molecule has 0 atom stereocenters. The van der Waals surface area contributed by atoms with Crippen LogP contribution in [0, 0.1) is 27.7 Å². The molecule has 1 heteroatoms. The van der Waals surface area contributed by atoms with Gasteiger partial charge in [0, 0.05) is 0 Å². The first-order valence-corrected chi connectivity index (χ1v) is 10.8. The van der Waals surface area contributed by atoms with Crippen molar-refractivity contribution in [1.82, 2.24) is 0 Å². The molecule has 0 aliphatic rings. The molecule has 0 aromatic heterocycles. The highest BCUT2D eigenvalue weighted by Gasteiger charge is 2.37. The molecule has 1 radical (unpaired) electrons. The molecule has 0 saturated carbocycles. The highest BCUT2D eigenvalue weighted by Crippen LogP contribution is 2.14. The molecular formula is C23H25Si. The number of hydrogen-bond donors (Lipinski definition) is 0. The summed E-state index contributed by atoms with van der Waals surface area (Å²) >= 11 is 0. The highest BCUT2D eigenvalue weighted by molar-refractivity contribution is 7.11. The van der Waals surface area contributed by atoms with E-state index in [4.69, 9.17) is 0 Å². The van der Waals surface area contributed by atoms with Crippen LogP contribution in [0.15, 0.2) is 72.8 Å². The molecule has 0 aliphatic carbocycles. The predicted molar refractivity (Wildman–Crippen MR) is 108 cm³/mol. The second-order valence-corrected chi connectivity index (χ2v) is 10.8. The fraction of sp³-hybridized carbons (Fsp3) is 0.174. The van der Waals surface area contributed by atoms with Crippen molar-refractivity contribution in [2.45, 2.75) is 26.8 Å². The Bertz CT molecular complexity index is 685. The van der Waals surface area contributed by atoms with Crippen molar-refractivity contribution in [3.05, 3.63) is 96.4 Å². The number of rotatable bonds is 4. The maximum Gasteiger partial charge on any atom is 0.148 e. The fourth-order valence-corrected chi connectivity index (χ4v) is 7.52. The Kier molecular flexibility index (Phi) is 4.73. The molecule has 0 spiro atoms. The molecule has 0 unspecified atom stereocenters. The fourth-order valence-electron chi connectivity index (χ4n) is 3.45. The smallest absolute Gasteiger partial charge is 0.0620 e. The van der Waals surface area contributed by atoms with Crippen molar-refractivity contribution in [3.8, 4) is 0 Å². The minimum atomic E-state index is -2.08. The minimum absolute atomic E-state index is 0.919. The molecule has 3 rings (SSSR count). The van der Waals surface area contributed by atoms with Crippen molar-refractivity contribution in [1.29, 1.82) is 0 Å². The third kappa shape index (κ3) is 2.96. The van der Waals surface area contributed by atoms with E-state index in [1.165, 1.54) is 32.3 Å². The lowest BCUT2D eigenvalue weighted by Gasteiger charge is -2.33. The Labute approximate surface area is 147 Å². The standard InChI is InChI=1S/C23H25Si/c1-5-24(21-12-6-18(2)7-13-21,22-14-8-19(3)9-15-22)23-16-10-20(4)11-17-23/h6-17H,1,5H2,2-4H3. The van der Waals surface area contributed by atoms with E-state index in [0.29, 0.717) is 0 Å². The first kappa shape index (κ1) is 16.7. The molecule has 0 heterocycles. The van der Waals surface area contributed by atoms with Crippen LogP contribution < -0.4 is 15.6 Å². The van der Waals surface area contributed by atoms with Gasteiger partial charge in [-0.2, -0.15) is 0 Å². The second kappa shape index (κ2) is 6.78. The minimum Gasteiger partial charge on any atom is -0.0620 e. The maximum absolute atomic E-state index is 4.42. The second-order valence-electron chi connectivity index (χ2n) is 6.75. The molecule has 121 valence electrons. The monoisotopic (exact) mass is 329 g/mol. The van der Waals surface area contributed by atoms with Gasteiger partial charge in [0.25, 0.3) is 0 Å². The summed E-state index contributed by atoms with van der Waals surface area (Å²) < 4.78 is 0. The van der Waals surface area contributed by atoms with Crippen molar-refractivity contribution < 1.29 is 0 Å². The molecule has 24 heavy (non-hydrogen) atoms. The van der Waals surface area contributed by atoms with Crippen molar-refractivity contribution >= 4 is 23.6 Å². The van der Waals surface area contributed by atoms with Crippen LogP contribution in [0.4, 0.5) is 0 Å². The largest absolute Gasteiger partial charge is 0.148 e. The van der Waals surface area contributed by atoms with Gasteiger partial charge in [0.2, 0.25) is 0 Å². The SMILES string of the molecule is [CH2]C[Si](c1ccc(C)cc1)(c1ccc(C)cc1)c1ccc(C)cc1. The van der Waals surface area contributed by atoms with E-state index in [2.05, 4.69) is 100 Å². The molecule has 0 fully saturated rings. The number of benzene rings is 3. The zero-order valence-corrected chi connectivity index (χ0v) is 15.8. The van der Waals surface area contributed by atoms with E-state index in [9.17, 15) is 0 Å². The normalized spacial score (nSPS) is 11.5. The van der Waals surface area contributed by atoms with Gasteiger partial charge in [0.1, 0.15) is 8.07 Å². The predicted octanol–water partition coefficient (Wildman–Crippen LogP) is 3.92. The Morgan fingerprint density at radius 3 is 1.00 bits per heavy atom. The van der Waals surface area contributed by atoms with E-state index in [0.717, 1.165) is 6.04 Å². The number of hydrogen-bond acceptors (Lipinski definition) is 0. The summed E-state index contributed by atoms with van der Waals surface area (Å²) in [5.74, 6) is 0. The number of aryl methyl sites for hydroxylation is 3. The van der Waals surface area contributed by atoms with Crippen molar-refractivity contribution in [2.75, 3.05) is 0 Å². The lowest BCUT2D eigenvalue weighted by molar-refractivity contribution is 1.45. The first-order chi connectivity index (χ1) is 11.6. The van der Waals surface area contributed by atoms with Gasteiger partial charge in [0.15, 0.2) is 0 Å². The average molecular weight is 330 g/mol. The Morgan fingerprint density at radius 1 is 0.542 bits per heavy atom. The molecule has 3 aromatic carbocycles. The van der Waals surface area contributed by atoms with Gasteiger partial charge in [-0.3, -0.25) is 0 Å². The summed E-state index contributed by atoms with van der Waals surface area (Å²) in [5, 5.41) is 4.32. The van der Waals surface area contributed by atoms with Gasteiger partial charge in [0.05, 0.1) is 0 Å². The molecule has 0 bridgehead atoms. The third-order valence-corrected chi connectivity index (χ3v) is 9.71. The molecule has 0 saturated heterocycles. The van der Waals surface area contributed by atoms with Gasteiger partial charge >= 0.3 is 0 Å². The van der Waals surface area contributed by atoms with Gasteiger partial charge in [-0.1, -0.05) is 96.4 Å². The summed E-state index contributed by atoms with van der Waals surface area (Å²) in [6.07, 6.45) is 0. The van der Waals surface area contributed by atoms with Crippen LogP contribution in [0.2, 0.25) is 6.04 Å². The van der Waals surface area contributed by atoms with Crippen LogP contribution in [0.1, 0.15) is 16.7 Å². The summed E-state index contributed by atoms with van der Waals surface area (Å²) in [5.41, 5.74) is 3.91. The summed E-state index contributed by atoms with van der Waals surface area (Å²) in [6, 6.07) is 28.2. The zero-order chi connectivity index (χ0) is 17.2. The van der Waals surface area contributed by atoms with Crippen molar-refractivity contribution in [2.24, 2.45) is 0 Å². The van der Waals surface area contributed by atoms with Crippen molar-refractivity contribution in [3.63, 3.8) is 0 Å². The van der Waals surface area contributed by atoms with Crippen LogP contribution in [-0.4, -0.2) is 8.07 Å². The van der Waals surface area contributed by atoms with E-state index < -0.39 is 8.07 Å². The average Bonchev–Trinajstić information content (AvgIpc) is 2.60. The van der Waals surface area contributed by atoms with Crippen LogP contribution in [0.25, 0.3) is 0 Å². The van der Waals surface area contributed by atoms with Crippen LogP contribution in [-0.2, 0) is 0 Å². The van der Waals surface area contributed by atoms with Gasteiger partial charge in [-0.25, -0.2) is 0 Å². The summed E-state index contributed by atoms with van der Waals surface area (Å²) in [7, 11) is -2.08. The summed E-state index contributed by atoms with van der Waals surface area (Å²) in [4.78, 5) is 0. The molecule has 0 N–H and O–H groups in total. The van der Waals surface area contributed by atoms with E-state index in [1.807, 2.05) is 0 Å². The lowest BCUT2D eigenvalue weighted by Crippen LogP contribution is -2.66.